The summed E-state index contributed by atoms with van der Waals surface area (Å²) in [6.45, 7) is 9.74. The van der Waals surface area contributed by atoms with Crippen LogP contribution in [0.25, 0.3) is 23.0 Å². The second-order valence-electron chi connectivity index (χ2n) is 9.33. The highest BCUT2D eigenvalue weighted by Gasteiger charge is 2.33. The van der Waals surface area contributed by atoms with Crippen molar-refractivity contribution in [3.05, 3.63) is 70.8 Å². The first kappa shape index (κ1) is 27.1. The van der Waals surface area contributed by atoms with Crippen LogP contribution >= 0.6 is 24.0 Å². The summed E-state index contributed by atoms with van der Waals surface area (Å²) < 4.78 is 8.20. The average molecular weight is 534 g/mol. The molecule has 5 nitrogen and oxygen atoms in total. The van der Waals surface area contributed by atoms with Crippen molar-refractivity contribution in [3.8, 4) is 22.7 Å². The van der Waals surface area contributed by atoms with E-state index in [-0.39, 0.29) is 5.91 Å². The summed E-state index contributed by atoms with van der Waals surface area (Å²) in [5, 5.41) is 4.95. The number of thiocarbonyl (C=S) groups is 1. The number of aryl methyl sites for hydroxylation is 1. The Balaban J connectivity index is 1.70. The van der Waals surface area contributed by atoms with Crippen molar-refractivity contribution in [3.63, 3.8) is 0 Å². The fourth-order valence-electron chi connectivity index (χ4n) is 4.55. The van der Waals surface area contributed by atoms with Crippen molar-refractivity contribution in [1.82, 2.24) is 14.7 Å². The summed E-state index contributed by atoms with van der Waals surface area (Å²) in [5.41, 5.74) is 4.73. The molecule has 194 valence electrons. The minimum atomic E-state index is -0.00762. The van der Waals surface area contributed by atoms with Gasteiger partial charge in [-0.1, -0.05) is 75.3 Å². The van der Waals surface area contributed by atoms with Crippen molar-refractivity contribution < 1.29 is 9.53 Å². The Hall–Kier alpha value is -2.90. The van der Waals surface area contributed by atoms with Crippen molar-refractivity contribution in [1.29, 1.82) is 0 Å². The van der Waals surface area contributed by atoms with Gasteiger partial charge in [0, 0.05) is 23.9 Å². The van der Waals surface area contributed by atoms with Crippen molar-refractivity contribution in [2.75, 3.05) is 13.2 Å². The number of benzene rings is 2. The minimum Gasteiger partial charge on any atom is -0.494 e. The van der Waals surface area contributed by atoms with Gasteiger partial charge in [0.25, 0.3) is 5.91 Å². The predicted molar refractivity (Wildman–Crippen MR) is 158 cm³/mol. The van der Waals surface area contributed by atoms with Crippen LogP contribution in [0.3, 0.4) is 0 Å². The lowest BCUT2D eigenvalue weighted by atomic mass is 9.99. The first-order valence-electron chi connectivity index (χ1n) is 13.1. The quantitative estimate of drug-likeness (QED) is 0.187. The molecule has 37 heavy (non-hydrogen) atoms. The summed E-state index contributed by atoms with van der Waals surface area (Å²) >= 11 is 7.04. The van der Waals surface area contributed by atoms with Gasteiger partial charge in [-0.15, -0.1) is 0 Å². The van der Waals surface area contributed by atoms with Crippen LogP contribution in [-0.2, 0) is 4.79 Å². The maximum atomic E-state index is 13.5. The van der Waals surface area contributed by atoms with E-state index in [2.05, 4.69) is 20.8 Å². The zero-order valence-corrected chi connectivity index (χ0v) is 23.7. The van der Waals surface area contributed by atoms with Gasteiger partial charge in [0.15, 0.2) is 0 Å². The maximum Gasteiger partial charge on any atom is 0.266 e. The number of nitrogens with zero attached hydrogens (tertiary/aromatic N) is 3. The molecule has 1 fully saturated rings. The predicted octanol–water partition coefficient (Wildman–Crippen LogP) is 7.66. The monoisotopic (exact) mass is 533 g/mol. The van der Waals surface area contributed by atoms with E-state index in [1.165, 1.54) is 18.2 Å². The number of para-hydroxylation sites is 1. The second kappa shape index (κ2) is 12.6. The molecule has 3 aromatic rings. The molecule has 0 aliphatic carbocycles. The molecule has 0 bridgehead atoms. The lowest BCUT2D eigenvalue weighted by molar-refractivity contribution is -0.122. The van der Waals surface area contributed by atoms with Gasteiger partial charge in [0.2, 0.25) is 0 Å². The molecule has 2 aromatic carbocycles. The summed E-state index contributed by atoms with van der Waals surface area (Å²) in [7, 11) is 0. The van der Waals surface area contributed by atoms with E-state index in [4.69, 9.17) is 22.1 Å². The number of thioether (sulfide) groups is 1. The number of aromatic nitrogens is 2. The van der Waals surface area contributed by atoms with E-state index in [1.807, 2.05) is 72.4 Å². The molecule has 1 saturated heterocycles. The highest BCUT2D eigenvalue weighted by molar-refractivity contribution is 8.26. The molecule has 0 saturated carbocycles. The number of hydrogen-bond donors (Lipinski definition) is 0. The first-order valence-corrected chi connectivity index (χ1v) is 14.3. The molecule has 0 spiro atoms. The number of unbranched alkanes of at least 4 members (excludes halogenated alkanes) is 1. The molecule has 2 heterocycles. The third kappa shape index (κ3) is 6.33. The normalized spacial score (nSPS) is 15.6. The smallest absolute Gasteiger partial charge is 0.266 e. The van der Waals surface area contributed by atoms with Crippen LogP contribution in [0.15, 0.2) is 59.6 Å². The Morgan fingerprint density at radius 1 is 1.14 bits per heavy atom. The Labute approximate surface area is 229 Å². The van der Waals surface area contributed by atoms with Gasteiger partial charge in [-0.05, 0) is 68.2 Å². The Morgan fingerprint density at radius 2 is 1.92 bits per heavy atom. The minimum absolute atomic E-state index is 0.00762. The molecule has 0 radical (unpaired) electrons. The van der Waals surface area contributed by atoms with E-state index in [0.29, 0.717) is 28.3 Å². The lowest BCUT2D eigenvalue weighted by Crippen LogP contribution is -2.33. The van der Waals surface area contributed by atoms with E-state index in [1.54, 1.807) is 4.90 Å². The fourth-order valence-corrected chi connectivity index (χ4v) is 5.81. The third-order valence-electron chi connectivity index (χ3n) is 6.67. The van der Waals surface area contributed by atoms with Crippen molar-refractivity contribution in [2.24, 2.45) is 5.92 Å². The van der Waals surface area contributed by atoms with E-state index >= 15 is 0 Å². The van der Waals surface area contributed by atoms with Gasteiger partial charge in [-0.25, -0.2) is 4.68 Å². The highest BCUT2D eigenvalue weighted by atomic mass is 32.2. The van der Waals surface area contributed by atoms with E-state index < -0.39 is 0 Å². The molecule has 1 atom stereocenters. The standard InChI is InChI=1S/C30H35N3O2S2/c1-5-8-12-22(6-2)19-32-29(34)27(37-30(32)36)18-23-20-33(24-13-10-9-11-14-24)31-28(23)26-16-15-25(35-7-3)17-21(26)4/h9-11,13-18,20,22H,5-8,12,19H2,1-4H3/b27-18+. The Bertz CT molecular complexity index is 1280. The van der Waals surface area contributed by atoms with Crippen LogP contribution in [0.1, 0.15) is 57.6 Å². The molecule has 1 unspecified atom stereocenters. The van der Waals surface area contributed by atoms with Gasteiger partial charge in [-0.3, -0.25) is 9.69 Å². The van der Waals surface area contributed by atoms with Gasteiger partial charge in [0.05, 0.1) is 17.2 Å². The molecule has 1 aromatic heterocycles. The molecule has 1 amide bonds. The summed E-state index contributed by atoms with van der Waals surface area (Å²) in [5.74, 6) is 1.29. The number of hydrogen-bond acceptors (Lipinski definition) is 5. The second-order valence-corrected chi connectivity index (χ2v) is 11.0. The number of ether oxygens (including phenoxy) is 1. The van der Waals surface area contributed by atoms with Crippen LogP contribution in [-0.4, -0.2) is 38.1 Å². The fraction of sp³-hybridized carbons (Fsp3) is 0.367. The van der Waals surface area contributed by atoms with E-state index in [9.17, 15) is 4.79 Å². The Kier molecular flexibility index (Phi) is 9.22. The van der Waals surface area contributed by atoms with Crippen LogP contribution in [0.5, 0.6) is 5.75 Å². The van der Waals surface area contributed by atoms with Gasteiger partial charge >= 0.3 is 0 Å². The van der Waals surface area contributed by atoms with Gasteiger partial charge in [0.1, 0.15) is 15.8 Å². The summed E-state index contributed by atoms with van der Waals surface area (Å²) in [6, 6.07) is 16.1. The zero-order chi connectivity index (χ0) is 26.4. The molecular weight excluding hydrogens is 498 g/mol. The highest BCUT2D eigenvalue weighted by Crippen LogP contribution is 2.37. The Morgan fingerprint density at radius 3 is 2.59 bits per heavy atom. The number of carbonyl (C=O) groups is 1. The van der Waals surface area contributed by atoms with Gasteiger partial charge in [-0.2, -0.15) is 5.10 Å². The van der Waals surface area contributed by atoms with Crippen LogP contribution in [0, 0.1) is 12.8 Å². The molecule has 4 rings (SSSR count). The molecule has 1 aliphatic rings. The van der Waals surface area contributed by atoms with Gasteiger partial charge < -0.3 is 4.74 Å². The maximum absolute atomic E-state index is 13.5. The molecule has 7 heteroatoms. The molecular formula is C30H35N3O2S2. The largest absolute Gasteiger partial charge is 0.494 e. The lowest BCUT2D eigenvalue weighted by Gasteiger charge is -2.21. The molecule has 0 N–H and O–H groups in total. The average Bonchev–Trinajstić information content (AvgIpc) is 3.43. The van der Waals surface area contributed by atoms with Crippen LogP contribution in [0.4, 0.5) is 0 Å². The number of amides is 1. The van der Waals surface area contributed by atoms with Crippen molar-refractivity contribution in [2.45, 2.75) is 53.4 Å². The zero-order valence-electron chi connectivity index (χ0n) is 22.1. The topological polar surface area (TPSA) is 47.4 Å². The summed E-state index contributed by atoms with van der Waals surface area (Å²) in [4.78, 5) is 15.9. The SMILES string of the molecule is CCCCC(CC)CN1C(=O)/C(=C\c2cn(-c3ccccc3)nc2-c2ccc(OCC)cc2C)SC1=S. The molecule has 1 aliphatic heterocycles. The first-order chi connectivity index (χ1) is 17.9. The number of rotatable bonds is 11. The van der Waals surface area contributed by atoms with Crippen LogP contribution in [0.2, 0.25) is 0 Å². The third-order valence-corrected chi connectivity index (χ3v) is 8.05. The van der Waals surface area contributed by atoms with Crippen molar-refractivity contribution >= 4 is 40.3 Å². The number of carbonyl (C=O) groups excluding carboxylic acids is 1. The van der Waals surface area contributed by atoms with Crippen LogP contribution < -0.4 is 4.74 Å². The van der Waals surface area contributed by atoms with E-state index in [0.717, 1.165) is 53.1 Å². The summed E-state index contributed by atoms with van der Waals surface area (Å²) in [6.07, 6.45) is 8.43.